The summed E-state index contributed by atoms with van der Waals surface area (Å²) in [5.41, 5.74) is -0.412. The van der Waals surface area contributed by atoms with E-state index in [2.05, 4.69) is 44.8 Å². The Hall–Kier alpha value is -2.22. The zero-order valence-corrected chi connectivity index (χ0v) is 25.0. The van der Waals surface area contributed by atoms with Crippen molar-refractivity contribution in [1.29, 1.82) is 0 Å². The molecule has 0 aliphatic heterocycles. The number of nitrogens with zero attached hydrogens (tertiary/aromatic N) is 1. The fourth-order valence-corrected chi connectivity index (χ4v) is 10.5. The fraction of sp³-hybridized carbons (Fsp3) is 0.765. The van der Waals surface area contributed by atoms with Gasteiger partial charge in [0.15, 0.2) is 11.6 Å². The van der Waals surface area contributed by atoms with E-state index in [1.807, 2.05) is 26.0 Å². The smallest absolute Gasteiger partial charge is 0.226 e. The maximum Gasteiger partial charge on any atom is 0.226 e. The molecule has 6 aliphatic carbocycles. The quantitative estimate of drug-likeness (QED) is 0.398. The minimum Gasteiger partial charge on any atom is -0.350 e. The van der Waals surface area contributed by atoms with Crippen molar-refractivity contribution in [3.05, 3.63) is 34.8 Å². The topological polar surface area (TPSA) is 67.6 Å². The van der Waals surface area contributed by atoms with Gasteiger partial charge in [-0.1, -0.05) is 60.1 Å². The number of hydrogen-bond donors (Lipinski definition) is 1. The molecule has 5 nitrogen and oxygen atoms in total. The van der Waals surface area contributed by atoms with Crippen LogP contribution in [-0.2, 0) is 14.4 Å². The van der Waals surface area contributed by atoms with Crippen LogP contribution in [0.4, 0.5) is 0 Å². The number of carbonyl (C=O) groups excluding carboxylic acids is 3. The van der Waals surface area contributed by atoms with Crippen molar-refractivity contribution >= 4 is 17.5 Å². The van der Waals surface area contributed by atoms with Crippen LogP contribution in [0.1, 0.15) is 106 Å². The molecular weight excluding hydrogens is 484 g/mol. The standard InChI is InChI=1S/C34H46N2O3/c1-29(2)13-15-34(36-28(39)20-9-10-20)16-14-33(7)26(21(34)18-29)23(37)17-25-31(5)19-22(35-8)27(38)30(3,4)24(31)11-12-32(25,33)6/h17,19-21,24,26H,9-16,18H2,1-7H3,(H,36,39)/t21-,24-,26-,31-,32+,33+,34-/m0/s1. The lowest BCUT2D eigenvalue weighted by atomic mass is 9.35. The van der Waals surface area contributed by atoms with Gasteiger partial charge in [0.1, 0.15) is 0 Å². The molecule has 0 aromatic carbocycles. The number of fused-ring (bicyclic) bond motifs is 7. The van der Waals surface area contributed by atoms with Gasteiger partial charge >= 0.3 is 0 Å². The second kappa shape index (κ2) is 7.95. The highest BCUT2D eigenvalue weighted by molar-refractivity contribution is 6.03. The SMILES string of the molecule is [C-]#[N+]C1=C[C@]2(C)C3=CC(=O)[C@@H]4[C@@H]5CC(C)(C)CC[C@]5(NC(=O)C5CC5)CC[C@@]4(C)[C@]3(C)CC[C@H]2C(C)(C)C1=O. The molecule has 0 unspecified atom stereocenters. The summed E-state index contributed by atoms with van der Waals surface area (Å²) >= 11 is 0. The summed E-state index contributed by atoms with van der Waals surface area (Å²) in [6.45, 7) is 23.3. The van der Waals surface area contributed by atoms with Gasteiger partial charge in [-0.25, -0.2) is 4.85 Å². The number of hydrogen-bond acceptors (Lipinski definition) is 3. The first-order chi connectivity index (χ1) is 18.0. The van der Waals surface area contributed by atoms with Crippen LogP contribution in [0.15, 0.2) is 23.4 Å². The Bertz CT molecular complexity index is 1280. The highest BCUT2D eigenvalue weighted by Crippen LogP contribution is 2.73. The van der Waals surface area contributed by atoms with Crippen LogP contribution in [0, 0.1) is 57.3 Å². The van der Waals surface area contributed by atoms with Gasteiger partial charge in [0.25, 0.3) is 0 Å². The Morgan fingerprint density at radius 3 is 2.26 bits per heavy atom. The maximum absolute atomic E-state index is 14.5. The largest absolute Gasteiger partial charge is 0.350 e. The predicted octanol–water partition coefficient (Wildman–Crippen LogP) is 6.84. The molecule has 39 heavy (non-hydrogen) atoms. The van der Waals surface area contributed by atoms with Gasteiger partial charge in [-0.3, -0.25) is 9.59 Å². The highest BCUT2D eigenvalue weighted by atomic mass is 16.2. The Morgan fingerprint density at radius 1 is 0.949 bits per heavy atom. The molecule has 0 aromatic heterocycles. The van der Waals surface area contributed by atoms with Crippen LogP contribution < -0.4 is 5.32 Å². The van der Waals surface area contributed by atoms with Crippen molar-refractivity contribution in [3.8, 4) is 0 Å². The molecule has 4 saturated carbocycles. The van der Waals surface area contributed by atoms with Crippen LogP contribution in [-0.4, -0.2) is 23.0 Å². The Kier molecular flexibility index (Phi) is 5.50. The van der Waals surface area contributed by atoms with Gasteiger partial charge in [0, 0.05) is 28.2 Å². The van der Waals surface area contributed by atoms with E-state index >= 15 is 0 Å². The molecule has 0 spiro atoms. The summed E-state index contributed by atoms with van der Waals surface area (Å²) in [4.78, 5) is 44.6. The Morgan fingerprint density at radius 2 is 1.62 bits per heavy atom. The van der Waals surface area contributed by atoms with Crippen molar-refractivity contribution < 1.29 is 14.4 Å². The first-order valence-electron chi connectivity index (χ1n) is 15.3. The molecule has 5 heteroatoms. The Labute approximate surface area is 234 Å². The average molecular weight is 531 g/mol. The van der Waals surface area contributed by atoms with Crippen LogP contribution in [0.2, 0.25) is 0 Å². The van der Waals surface area contributed by atoms with Crippen molar-refractivity contribution in [2.75, 3.05) is 0 Å². The van der Waals surface area contributed by atoms with Gasteiger partial charge in [-0.15, -0.1) is 0 Å². The lowest BCUT2D eigenvalue weighted by Gasteiger charge is -2.69. The maximum atomic E-state index is 14.5. The predicted molar refractivity (Wildman–Crippen MR) is 151 cm³/mol. The number of ketones is 2. The van der Waals surface area contributed by atoms with Crippen molar-refractivity contribution in [1.82, 2.24) is 5.32 Å². The molecule has 0 heterocycles. The van der Waals surface area contributed by atoms with Crippen LogP contribution >= 0.6 is 0 Å². The van der Waals surface area contributed by atoms with Gasteiger partial charge in [-0.05, 0) is 91.9 Å². The fourth-order valence-electron chi connectivity index (χ4n) is 10.5. The average Bonchev–Trinajstić information content (AvgIpc) is 3.69. The molecule has 1 N–H and O–H groups in total. The van der Waals surface area contributed by atoms with E-state index in [1.165, 1.54) is 0 Å². The third-order valence-corrected chi connectivity index (χ3v) is 13.2. The zero-order chi connectivity index (χ0) is 28.4. The third kappa shape index (κ3) is 3.45. The molecular formula is C34H46N2O3. The number of nitrogens with one attached hydrogen (secondary N) is 1. The summed E-state index contributed by atoms with van der Waals surface area (Å²) in [6, 6.07) is 0. The molecule has 0 radical (unpaired) electrons. The molecule has 0 saturated heterocycles. The number of amides is 1. The molecule has 0 bridgehead atoms. The van der Waals surface area contributed by atoms with E-state index in [0.29, 0.717) is 0 Å². The minimum absolute atomic E-state index is 0.0596. The third-order valence-electron chi connectivity index (χ3n) is 13.2. The molecule has 6 aliphatic rings. The first kappa shape index (κ1) is 27.0. The molecule has 210 valence electrons. The highest BCUT2D eigenvalue weighted by Gasteiger charge is 2.70. The number of allylic oxidation sites excluding steroid dienone is 4. The molecule has 0 aromatic rings. The lowest BCUT2D eigenvalue weighted by molar-refractivity contribution is -0.164. The van der Waals surface area contributed by atoms with Crippen molar-refractivity contribution in [3.63, 3.8) is 0 Å². The van der Waals surface area contributed by atoms with E-state index in [9.17, 15) is 14.4 Å². The monoisotopic (exact) mass is 530 g/mol. The normalized spacial score (nSPS) is 45.8. The van der Waals surface area contributed by atoms with E-state index in [-0.39, 0.29) is 68.6 Å². The number of rotatable bonds is 2. The summed E-state index contributed by atoms with van der Waals surface area (Å²) in [5, 5.41) is 3.58. The van der Waals surface area contributed by atoms with E-state index in [4.69, 9.17) is 6.57 Å². The van der Waals surface area contributed by atoms with Gasteiger partial charge in [-0.2, -0.15) is 0 Å². The Balaban J connectivity index is 1.49. The molecule has 1 amide bonds. The van der Waals surface area contributed by atoms with E-state index in [0.717, 1.165) is 63.4 Å². The van der Waals surface area contributed by atoms with E-state index < -0.39 is 10.8 Å². The second-order valence-electron chi connectivity index (χ2n) is 16.1. The van der Waals surface area contributed by atoms with Crippen molar-refractivity contribution in [2.45, 2.75) is 112 Å². The van der Waals surface area contributed by atoms with Crippen LogP contribution in [0.3, 0.4) is 0 Å². The minimum atomic E-state index is -0.644. The van der Waals surface area contributed by atoms with Crippen LogP contribution in [0.25, 0.3) is 4.85 Å². The van der Waals surface area contributed by atoms with E-state index in [1.54, 1.807) is 0 Å². The van der Waals surface area contributed by atoms with Crippen molar-refractivity contribution in [2.24, 2.45) is 50.7 Å². The summed E-state index contributed by atoms with van der Waals surface area (Å²) in [7, 11) is 0. The summed E-state index contributed by atoms with van der Waals surface area (Å²) in [6.07, 6.45) is 12.5. The first-order valence-corrected chi connectivity index (χ1v) is 15.3. The molecule has 6 rings (SSSR count). The zero-order valence-electron chi connectivity index (χ0n) is 25.0. The number of carbonyl (C=O) groups is 3. The van der Waals surface area contributed by atoms with Gasteiger partial charge < -0.3 is 10.1 Å². The molecule has 7 atom stereocenters. The van der Waals surface area contributed by atoms with Gasteiger partial charge in [0.2, 0.25) is 11.6 Å². The summed E-state index contributed by atoms with van der Waals surface area (Å²) < 4.78 is 0. The van der Waals surface area contributed by atoms with Gasteiger partial charge in [0.05, 0.1) is 6.57 Å². The second-order valence-corrected chi connectivity index (χ2v) is 16.1. The summed E-state index contributed by atoms with van der Waals surface area (Å²) in [5.74, 6) is 0.541. The lowest BCUT2D eigenvalue weighted by Crippen LogP contribution is -2.69. The number of Topliss-reactive ketones (excluding diaryl/α,β-unsaturated/α-hetero) is 1. The molecule has 4 fully saturated rings. The van der Waals surface area contributed by atoms with Crippen LogP contribution in [0.5, 0.6) is 0 Å².